The molecule has 8 heteroatoms. The summed E-state index contributed by atoms with van der Waals surface area (Å²) in [6, 6.07) is 16.2. The summed E-state index contributed by atoms with van der Waals surface area (Å²) < 4.78 is 3.92. The van der Waals surface area contributed by atoms with E-state index >= 15 is 0 Å². The van der Waals surface area contributed by atoms with Crippen molar-refractivity contribution in [2.75, 3.05) is 0 Å². The third-order valence-corrected chi connectivity index (χ3v) is 7.55. The van der Waals surface area contributed by atoms with Gasteiger partial charge in [-0.25, -0.2) is 9.78 Å². The molecule has 1 aliphatic heterocycles. The highest BCUT2D eigenvalue weighted by molar-refractivity contribution is 5.80. The predicted molar refractivity (Wildman–Crippen MR) is 143 cm³/mol. The molecule has 0 radical (unpaired) electrons. The standard InChI is InChI=1S/C29H34N6O2/c1-4-5-6-11-27-25(29(37)35-26(20(3)36)17-12-19(2)34(27)35)18-21-13-15-22(16-14-21)23-9-7-8-10-24(23)28-30-32-33-31-28/h7-10,13-16,19,26H,4-6,11-12,17-18H2,1-3H3,(H,30,31,32,33). The number of hydrogen-bond donors (Lipinski definition) is 1. The molecule has 0 amide bonds. The van der Waals surface area contributed by atoms with E-state index in [1.54, 1.807) is 11.6 Å². The van der Waals surface area contributed by atoms with Gasteiger partial charge >= 0.3 is 0 Å². The summed E-state index contributed by atoms with van der Waals surface area (Å²) in [5.41, 5.74) is 6.02. The van der Waals surface area contributed by atoms with Gasteiger partial charge < -0.3 is 0 Å². The molecular weight excluding hydrogens is 464 g/mol. The molecule has 2 aromatic heterocycles. The number of Topliss-reactive ketones (excluding diaryl/α,β-unsaturated/α-hetero) is 1. The number of nitrogens with zero attached hydrogens (tertiary/aromatic N) is 5. The van der Waals surface area contributed by atoms with Gasteiger partial charge in [0.1, 0.15) is 6.04 Å². The number of unbranched alkanes of at least 4 members (excludes halogenated alkanes) is 2. The summed E-state index contributed by atoms with van der Waals surface area (Å²) in [6.45, 7) is 5.96. The van der Waals surface area contributed by atoms with E-state index in [9.17, 15) is 9.59 Å². The van der Waals surface area contributed by atoms with E-state index in [0.29, 0.717) is 12.2 Å². The van der Waals surface area contributed by atoms with Crippen molar-refractivity contribution in [3.05, 3.63) is 75.7 Å². The molecule has 0 fully saturated rings. The van der Waals surface area contributed by atoms with E-state index in [1.807, 2.05) is 18.2 Å². The highest BCUT2D eigenvalue weighted by atomic mass is 16.1. The third-order valence-electron chi connectivity index (χ3n) is 7.55. The molecule has 192 valence electrons. The van der Waals surface area contributed by atoms with E-state index in [1.165, 1.54) is 0 Å². The Hall–Kier alpha value is -3.81. The number of aromatic amines is 1. The fourth-order valence-corrected chi connectivity index (χ4v) is 5.62. The zero-order chi connectivity index (χ0) is 25.9. The van der Waals surface area contributed by atoms with Gasteiger partial charge in [-0.2, -0.15) is 0 Å². The summed E-state index contributed by atoms with van der Waals surface area (Å²) in [6.07, 6.45) is 6.33. The number of carbonyl (C=O) groups excluding carboxylic acids is 1. The monoisotopic (exact) mass is 498 g/mol. The van der Waals surface area contributed by atoms with Crippen LogP contribution in [0, 0.1) is 0 Å². The summed E-state index contributed by atoms with van der Waals surface area (Å²) in [4.78, 5) is 26.2. The molecule has 1 aliphatic rings. The second kappa shape index (κ2) is 10.7. The van der Waals surface area contributed by atoms with Gasteiger partial charge in [0.25, 0.3) is 5.56 Å². The van der Waals surface area contributed by atoms with E-state index in [4.69, 9.17) is 0 Å². The maximum atomic E-state index is 13.8. The number of hydrogen-bond acceptors (Lipinski definition) is 5. The van der Waals surface area contributed by atoms with E-state index < -0.39 is 0 Å². The number of carbonyl (C=O) groups is 1. The molecule has 2 aromatic carbocycles. The number of nitrogens with one attached hydrogen (secondary N) is 1. The van der Waals surface area contributed by atoms with Crippen LogP contribution in [0.1, 0.15) is 81.8 Å². The lowest BCUT2D eigenvalue weighted by atomic mass is 9.96. The Morgan fingerprint density at radius 1 is 1.03 bits per heavy atom. The zero-order valence-corrected chi connectivity index (χ0v) is 21.8. The molecule has 4 aromatic rings. The average Bonchev–Trinajstić information content (AvgIpc) is 3.53. The SMILES string of the molecule is CCCCCc1c(Cc2ccc(-c3ccccc3-c3nnn[nH]3)cc2)c(=O)n2n1C(C)CCC2C(C)=O. The lowest BCUT2D eigenvalue weighted by Gasteiger charge is -2.31. The van der Waals surface area contributed by atoms with Crippen molar-refractivity contribution in [2.24, 2.45) is 0 Å². The lowest BCUT2D eigenvalue weighted by molar-refractivity contribution is -0.121. The zero-order valence-electron chi connectivity index (χ0n) is 21.8. The minimum absolute atomic E-state index is 0.00881. The van der Waals surface area contributed by atoms with Crippen LogP contribution in [-0.2, 0) is 17.6 Å². The van der Waals surface area contributed by atoms with Gasteiger partial charge in [0, 0.05) is 29.3 Å². The quantitative estimate of drug-likeness (QED) is 0.316. The minimum atomic E-state index is -0.369. The molecule has 1 N–H and O–H groups in total. The molecule has 5 rings (SSSR count). The second-order valence-electron chi connectivity index (χ2n) is 10.1. The van der Waals surface area contributed by atoms with Crippen LogP contribution in [0.25, 0.3) is 22.5 Å². The topological polar surface area (TPSA) is 98.5 Å². The molecule has 3 heterocycles. The number of aromatic nitrogens is 6. The first-order valence-electron chi connectivity index (χ1n) is 13.3. The van der Waals surface area contributed by atoms with Crippen molar-refractivity contribution >= 4 is 5.78 Å². The van der Waals surface area contributed by atoms with Crippen molar-refractivity contribution in [3.8, 4) is 22.5 Å². The van der Waals surface area contributed by atoms with Crippen LogP contribution in [0.3, 0.4) is 0 Å². The van der Waals surface area contributed by atoms with Crippen LogP contribution >= 0.6 is 0 Å². The maximum Gasteiger partial charge on any atom is 0.271 e. The number of ketones is 1. The molecule has 0 saturated carbocycles. The van der Waals surface area contributed by atoms with Crippen LogP contribution in [0.15, 0.2) is 53.3 Å². The summed E-state index contributed by atoms with van der Waals surface area (Å²) in [5, 5.41) is 14.3. The van der Waals surface area contributed by atoms with Crippen molar-refractivity contribution in [1.29, 1.82) is 0 Å². The van der Waals surface area contributed by atoms with Crippen LogP contribution < -0.4 is 5.56 Å². The van der Waals surface area contributed by atoms with Gasteiger partial charge in [-0.15, -0.1) is 5.10 Å². The Labute approximate surface area is 216 Å². The molecule has 0 spiro atoms. The number of H-pyrrole nitrogens is 1. The number of rotatable bonds is 9. The Morgan fingerprint density at radius 2 is 1.78 bits per heavy atom. The maximum absolute atomic E-state index is 13.8. The number of benzene rings is 2. The second-order valence-corrected chi connectivity index (χ2v) is 10.1. The van der Waals surface area contributed by atoms with E-state index in [-0.39, 0.29) is 23.4 Å². The van der Waals surface area contributed by atoms with E-state index in [0.717, 1.165) is 72.0 Å². The van der Waals surface area contributed by atoms with Gasteiger partial charge in [0.05, 0.1) is 0 Å². The Morgan fingerprint density at radius 3 is 2.46 bits per heavy atom. The van der Waals surface area contributed by atoms with Crippen LogP contribution in [-0.4, -0.2) is 35.8 Å². The highest BCUT2D eigenvalue weighted by Crippen LogP contribution is 2.33. The van der Waals surface area contributed by atoms with Crippen molar-refractivity contribution in [1.82, 2.24) is 30.0 Å². The van der Waals surface area contributed by atoms with Crippen LogP contribution in [0.5, 0.6) is 0 Å². The van der Waals surface area contributed by atoms with Gasteiger partial charge in [-0.05, 0) is 66.6 Å². The molecule has 0 saturated heterocycles. The molecular formula is C29H34N6O2. The molecule has 2 atom stereocenters. The van der Waals surface area contributed by atoms with Crippen LogP contribution in [0.2, 0.25) is 0 Å². The van der Waals surface area contributed by atoms with Gasteiger partial charge in [0.2, 0.25) is 0 Å². The van der Waals surface area contributed by atoms with Crippen molar-refractivity contribution in [3.63, 3.8) is 0 Å². The predicted octanol–water partition coefficient (Wildman–Crippen LogP) is 5.31. The molecule has 0 aliphatic carbocycles. The molecule has 37 heavy (non-hydrogen) atoms. The Kier molecular flexibility index (Phi) is 7.17. The normalized spacial score (nSPS) is 17.1. The fourth-order valence-electron chi connectivity index (χ4n) is 5.62. The first-order valence-corrected chi connectivity index (χ1v) is 13.3. The highest BCUT2D eigenvalue weighted by Gasteiger charge is 2.33. The smallest absolute Gasteiger partial charge is 0.271 e. The fraction of sp³-hybridized carbons (Fsp3) is 0.414. The Bertz CT molecular complexity index is 1430. The van der Waals surface area contributed by atoms with Gasteiger partial charge in [-0.1, -0.05) is 68.3 Å². The summed E-state index contributed by atoms with van der Waals surface area (Å²) in [5.74, 6) is 0.683. The van der Waals surface area contributed by atoms with Gasteiger partial charge in [-0.3, -0.25) is 14.3 Å². The first kappa shape index (κ1) is 24.9. The third kappa shape index (κ3) is 4.80. The molecule has 8 nitrogen and oxygen atoms in total. The first-order chi connectivity index (χ1) is 18.0. The summed E-state index contributed by atoms with van der Waals surface area (Å²) in [7, 11) is 0. The largest absolute Gasteiger partial charge is 0.298 e. The van der Waals surface area contributed by atoms with Crippen LogP contribution in [0.4, 0.5) is 0 Å². The average molecular weight is 499 g/mol. The summed E-state index contributed by atoms with van der Waals surface area (Å²) >= 11 is 0. The van der Waals surface area contributed by atoms with Gasteiger partial charge in [0.15, 0.2) is 11.6 Å². The number of tetrazole rings is 1. The molecule has 2 unspecified atom stereocenters. The van der Waals surface area contributed by atoms with E-state index in [2.05, 4.69) is 69.5 Å². The number of fused-ring (bicyclic) bond motifs is 1. The lowest BCUT2D eigenvalue weighted by Crippen LogP contribution is -2.37. The van der Waals surface area contributed by atoms with Crippen molar-refractivity contribution in [2.45, 2.75) is 77.8 Å². The molecule has 0 bridgehead atoms. The Balaban J connectivity index is 1.50. The minimum Gasteiger partial charge on any atom is -0.298 e. The van der Waals surface area contributed by atoms with Crippen molar-refractivity contribution < 1.29 is 4.79 Å².